The number of nitrogens with two attached hydrogens (primary N) is 1. The summed E-state index contributed by atoms with van der Waals surface area (Å²) in [5.74, 6) is -1.62. The van der Waals surface area contributed by atoms with Crippen LogP contribution in [0.25, 0.3) is 0 Å². The van der Waals surface area contributed by atoms with Crippen molar-refractivity contribution in [2.75, 3.05) is 11.7 Å². The molecule has 8 heteroatoms. The van der Waals surface area contributed by atoms with E-state index in [1.807, 2.05) is 0 Å². The van der Waals surface area contributed by atoms with Crippen LogP contribution in [0, 0.1) is 23.0 Å². The fraction of sp³-hybridized carbons (Fsp3) is 0.217. The zero-order chi connectivity index (χ0) is 21.7. The van der Waals surface area contributed by atoms with Crippen molar-refractivity contribution >= 4 is 11.5 Å². The molecule has 5 rings (SSSR count). The lowest BCUT2D eigenvalue weighted by atomic mass is 9.75. The largest absolute Gasteiger partial charge is 0.454 e. The topological polar surface area (TPSA) is 88.6 Å². The van der Waals surface area contributed by atoms with Crippen molar-refractivity contribution in [3.8, 4) is 17.6 Å². The summed E-state index contributed by atoms with van der Waals surface area (Å²) in [7, 11) is 0. The van der Waals surface area contributed by atoms with Crippen LogP contribution in [0.4, 0.5) is 14.5 Å². The van der Waals surface area contributed by atoms with E-state index in [1.165, 1.54) is 11.0 Å². The summed E-state index contributed by atoms with van der Waals surface area (Å²) >= 11 is 0. The van der Waals surface area contributed by atoms with Gasteiger partial charge in [-0.2, -0.15) is 5.26 Å². The summed E-state index contributed by atoms with van der Waals surface area (Å²) in [5, 5.41) is 9.97. The van der Waals surface area contributed by atoms with Gasteiger partial charge in [0.15, 0.2) is 17.3 Å². The molecule has 2 aliphatic heterocycles. The number of nitriles is 1. The number of rotatable bonds is 2. The van der Waals surface area contributed by atoms with E-state index in [4.69, 9.17) is 15.2 Å². The van der Waals surface area contributed by atoms with E-state index in [0.717, 1.165) is 12.1 Å². The minimum absolute atomic E-state index is 0.0514. The molecule has 2 N–H and O–H groups in total. The molecule has 1 atom stereocenters. The summed E-state index contributed by atoms with van der Waals surface area (Å²) in [6.45, 7) is 0.0831. The molecule has 0 amide bonds. The number of ketones is 1. The number of allylic oxidation sites excluding steroid dienone is 3. The van der Waals surface area contributed by atoms with Gasteiger partial charge in [0.05, 0.1) is 17.6 Å². The number of hydrogen-bond donors (Lipinski definition) is 1. The maximum absolute atomic E-state index is 14.7. The molecule has 2 heterocycles. The number of carbonyl (C=O) groups excluding carboxylic acids is 1. The van der Waals surface area contributed by atoms with Crippen molar-refractivity contribution in [3.63, 3.8) is 0 Å². The number of fused-ring (bicyclic) bond motifs is 1. The number of benzene rings is 2. The normalized spacial score (nSPS) is 20.1. The summed E-state index contributed by atoms with van der Waals surface area (Å²) in [6, 6.07) is 10.7. The van der Waals surface area contributed by atoms with Crippen molar-refractivity contribution in [2.24, 2.45) is 5.73 Å². The van der Waals surface area contributed by atoms with Gasteiger partial charge in [0, 0.05) is 17.7 Å². The molecule has 0 fully saturated rings. The highest BCUT2D eigenvalue weighted by molar-refractivity contribution is 6.01. The van der Waals surface area contributed by atoms with Gasteiger partial charge in [-0.3, -0.25) is 9.69 Å². The monoisotopic (exact) mass is 421 g/mol. The molecular formula is C23H17F2N3O3. The quantitative estimate of drug-likeness (QED) is 0.789. The minimum Gasteiger partial charge on any atom is -0.454 e. The summed E-state index contributed by atoms with van der Waals surface area (Å²) in [4.78, 5) is 14.3. The Morgan fingerprint density at radius 1 is 1.10 bits per heavy atom. The fourth-order valence-electron chi connectivity index (χ4n) is 4.47. The molecule has 3 aliphatic rings. The highest BCUT2D eigenvalue weighted by Gasteiger charge is 2.42. The van der Waals surface area contributed by atoms with Gasteiger partial charge in [-0.05, 0) is 42.7 Å². The first-order valence-corrected chi connectivity index (χ1v) is 9.81. The van der Waals surface area contributed by atoms with E-state index in [2.05, 4.69) is 6.07 Å². The van der Waals surface area contributed by atoms with E-state index in [9.17, 15) is 18.8 Å². The van der Waals surface area contributed by atoms with Gasteiger partial charge in [-0.1, -0.05) is 12.1 Å². The number of hydrogen-bond acceptors (Lipinski definition) is 6. The Morgan fingerprint density at radius 2 is 1.84 bits per heavy atom. The summed E-state index contributed by atoms with van der Waals surface area (Å²) in [6.07, 6.45) is 1.20. The molecule has 0 bridgehead atoms. The van der Waals surface area contributed by atoms with Gasteiger partial charge in [0.2, 0.25) is 6.79 Å². The van der Waals surface area contributed by atoms with Gasteiger partial charge in [0.1, 0.15) is 23.1 Å². The molecule has 156 valence electrons. The molecule has 2 aromatic carbocycles. The molecule has 0 saturated heterocycles. The average molecular weight is 421 g/mol. The Balaban J connectivity index is 1.76. The zero-order valence-electron chi connectivity index (χ0n) is 16.3. The third-order valence-corrected chi connectivity index (χ3v) is 5.80. The van der Waals surface area contributed by atoms with Crippen molar-refractivity contribution in [2.45, 2.75) is 25.2 Å². The van der Waals surface area contributed by atoms with Crippen LogP contribution in [0.5, 0.6) is 11.5 Å². The number of halogens is 2. The molecular weight excluding hydrogens is 404 g/mol. The molecule has 0 aromatic heterocycles. The Morgan fingerprint density at radius 3 is 2.58 bits per heavy atom. The first kappa shape index (κ1) is 19.1. The van der Waals surface area contributed by atoms with Crippen LogP contribution in [0.15, 0.2) is 59.1 Å². The third kappa shape index (κ3) is 2.85. The smallest absolute Gasteiger partial charge is 0.231 e. The number of nitrogens with zero attached hydrogens (tertiary/aromatic N) is 2. The van der Waals surface area contributed by atoms with E-state index in [1.54, 1.807) is 18.2 Å². The molecule has 6 nitrogen and oxygen atoms in total. The second kappa shape index (κ2) is 7.13. The molecule has 0 unspecified atom stereocenters. The Hall–Kier alpha value is -3.86. The van der Waals surface area contributed by atoms with Crippen molar-refractivity contribution < 1.29 is 23.0 Å². The lowest BCUT2D eigenvalue weighted by molar-refractivity contribution is -0.116. The van der Waals surface area contributed by atoms with Gasteiger partial charge in [0.25, 0.3) is 0 Å². The van der Waals surface area contributed by atoms with Gasteiger partial charge >= 0.3 is 0 Å². The third-order valence-electron chi connectivity index (χ3n) is 5.80. The molecule has 1 aliphatic carbocycles. The zero-order valence-corrected chi connectivity index (χ0v) is 16.3. The SMILES string of the molecule is N#CC1=C(N)N(c2c(F)cccc2F)C2=C(C(=O)CCC2)[C@H]1c1ccc2c(c1)OCO2. The predicted molar refractivity (Wildman–Crippen MR) is 107 cm³/mol. The van der Waals surface area contributed by atoms with E-state index >= 15 is 0 Å². The number of ether oxygens (including phenoxy) is 2. The molecule has 0 radical (unpaired) electrons. The van der Waals surface area contributed by atoms with E-state index < -0.39 is 17.6 Å². The minimum atomic E-state index is -0.827. The van der Waals surface area contributed by atoms with Gasteiger partial charge in [-0.15, -0.1) is 0 Å². The van der Waals surface area contributed by atoms with Crippen molar-refractivity contribution in [3.05, 3.63) is 76.3 Å². The first-order valence-electron chi connectivity index (χ1n) is 9.81. The number of para-hydroxylation sites is 1. The van der Waals surface area contributed by atoms with Crippen LogP contribution in [0.3, 0.4) is 0 Å². The van der Waals surface area contributed by atoms with Crippen LogP contribution in [0.2, 0.25) is 0 Å². The van der Waals surface area contributed by atoms with E-state index in [-0.39, 0.29) is 36.1 Å². The van der Waals surface area contributed by atoms with Crippen molar-refractivity contribution in [1.29, 1.82) is 5.26 Å². The standard InChI is InChI=1S/C23H17F2N3O3/c24-14-3-1-4-15(25)22(14)28-16-5-2-6-17(29)21(16)20(13(10-26)23(28)27)12-7-8-18-19(9-12)31-11-30-18/h1,3-4,7-9,20H,2,5-6,11,27H2/t20-/m0/s1. The maximum Gasteiger partial charge on any atom is 0.231 e. The van der Waals surface area contributed by atoms with Crippen LogP contribution in [0.1, 0.15) is 30.7 Å². The predicted octanol–water partition coefficient (Wildman–Crippen LogP) is 4.00. The van der Waals surface area contributed by atoms with Crippen LogP contribution >= 0.6 is 0 Å². The maximum atomic E-state index is 14.7. The highest BCUT2D eigenvalue weighted by atomic mass is 19.1. The Kier molecular flexibility index (Phi) is 4.40. The number of carbonyl (C=O) groups is 1. The average Bonchev–Trinajstić information content (AvgIpc) is 3.22. The molecule has 2 aromatic rings. The second-order valence-electron chi connectivity index (χ2n) is 7.50. The van der Waals surface area contributed by atoms with Crippen LogP contribution in [-0.2, 0) is 4.79 Å². The second-order valence-corrected chi connectivity index (χ2v) is 7.50. The lowest BCUT2D eigenvalue weighted by Crippen LogP contribution is -2.39. The Labute approximate surface area is 176 Å². The van der Waals surface area contributed by atoms with Crippen LogP contribution < -0.4 is 20.1 Å². The molecule has 0 saturated carbocycles. The lowest BCUT2D eigenvalue weighted by Gasteiger charge is -2.39. The highest BCUT2D eigenvalue weighted by Crippen LogP contribution is 2.48. The van der Waals surface area contributed by atoms with Crippen LogP contribution in [-0.4, -0.2) is 12.6 Å². The first-order chi connectivity index (χ1) is 15.0. The summed E-state index contributed by atoms with van der Waals surface area (Å²) in [5.41, 5.74) is 7.38. The van der Waals surface area contributed by atoms with E-state index in [0.29, 0.717) is 41.2 Å². The Bertz CT molecular complexity index is 1210. The van der Waals surface area contributed by atoms with Gasteiger partial charge < -0.3 is 15.2 Å². The molecule has 31 heavy (non-hydrogen) atoms. The number of Topliss-reactive ketones (excluding diaryl/α,β-unsaturated/α-hetero) is 1. The summed E-state index contributed by atoms with van der Waals surface area (Å²) < 4.78 is 40.2. The molecule has 0 spiro atoms. The van der Waals surface area contributed by atoms with Crippen molar-refractivity contribution in [1.82, 2.24) is 0 Å². The number of anilines is 1. The van der Waals surface area contributed by atoms with Gasteiger partial charge in [-0.25, -0.2) is 8.78 Å². The fourth-order valence-corrected chi connectivity index (χ4v) is 4.47.